The number of amides is 1. The van der Waals surface area contributed by atoms with Gasteiger partial charge >= 0.3 is 5.97 Å². The smallest absolute Gasteiger partial charge is 0.331 e. The summed E-state index contributed by atoms with van der Waals surface area (Å²) >= 11 is 0. The van der Waals surface area contributed by atoms with Crippen LogP contribution in [0.1, 0.15) is 52.9 Å². The van der Waals surface area contributed by atoms with Crippen molar-refractivity contribution in [3.05, 3.63) is 23.3 Å². The van der Waals surface area contributed by atoms with Crippen molar-refractivity contribution >= 4 is 11.9 Å². The van der Waals surface area contributed by atoms with Crippen molar-refractivity contribution < 1.29 is 19.8 Å². The van der Waals surface area contributed by atoms with Crippen LogP contribution in [0.15, 0.2) is 23.3 Å². The van der Waals surface area contributed by atoms with Crippen molar-refractivity contribution in [2.75, 3.05) is 6.54 Å². The molecule has 0 radical (unpaired) electrons. The number of hydrogen-bond acceptors (Lipinski definition) is 3. The molecule has 1 heterocycles. The summed E-state index contributed by atoms with van der Waals surface area (Å²) in [6.07, 6.45) is 6.88. The number of nitrogens with one attached hydrogen (secondary N) is 1. The maximum atomic E-state index is 11.9. The molecule has 3 rings (SSSR count). The van der Waals surface area contributed by atoms with Gasteiger partial charge in [-0.3, -0.25) is 4.79 Å². The highest BCUT2D eigenvalue weighted by molar-refractivity contribution is 5.95. The largest absolute Gasteiger partial charge is 0.478 e. The van der Waals surface area contributed by atoms with Crippen LogP contribution in [0.4, 0.5) is 0 Å². The third kappa shape index (κ3) is 2.73. The summed E-state index contributed by atoms with van der Waals surface area (Å²) in [5.74, 6) is -0.524. The van der Waals surface area contributed by atoms with E-state index in [1.54, 1.807) is 6.08 Å². The van der Waals surface area contributed by atoms with Gasteiger partial charge in [0.25, 0.3) is 0 Å². The predicted molar refractivity (Wildman–Crippen MR) is 94.8 cm³/mol. The first-order valence-corrected chi connectivity index (χ1v) is 9.30. The molecular formula is C20H29NO4. The number of carboxylic acids is 1. The number of fused-ring (bicyclic) bond motifs is 1. The van der Waals surface area contributed by atoms with Crippen LogP contribution in [0.5, 0.6) is 0 Å². The van der Waals surface area contributed by atoms with Crippen LogP contribution in [-0.4, -0.2) is 34.7 Å². The summed E-state index contributed by atoms with van der Waals surface area (Å²) in [7, 11) is 0. The molecule has 3 N–H and O–H groups in total. The molecule has 5 heteroatoms. The van der Waals surface area contributed by atoms with Crippen LogP contribution in [0.25, 0.3) is 0 Å². The Bertz CT molecular complexity index is 652. The zero-order valence-corrected chi connectivity index (χ0v) is 15.3. The Morgan fingerprint density at radius 3 is 2.68 bits per heavy atom. The fraction of sp³-hybridized carbons (Fsp3) is 0.700. The van der Waals surface area contributed by atoms with Crippen molar-refractivity contribution in [2.24, 2.45) is 22.7 Å². The molecule has 0 saturated heterocycles. The Morgan fingerprint density at radius 1 is 1.36 bits per heavy atom. The first-order chi connectivity index (χ1) is 11.7. The van der Waals surface area contributed by atoms with E-state index >= 15 is 0 Å². The minimum absolute atomic E-state index is 0.0182. The van der Waals surface area contributed by atoms with E-state index in [9.17, 15) is 19.8 Å². The van der Waals surface area contributed by atoms with Gasteiger partial charge in [-0.15, -0.1) is 0 Å². The SMILES string of the molecule is C[C@@H]1C[C@@H](O)[C@]2(C)C(C(=O)O)=CCC[C@H]2[C@@]1(C)CCC1=CCNC1=O. The summed E-state index contributed by atoms with van der Waals surface area (Å²) in [6, 6.07) is 0. The van der Waals surface area contributed by atoms with Gasteiger partial charge in [0.05, 0.1) is 6.10 Å². The van der Waals surface area contributed by atoms with Crippen LogP contribution in [0.2, 0.25) is 0 Å². The first-order valence-electron chi connectivity index (χ1n) is 9.30. The highest BCUT2D eigenvalue weighted by atomic mass is 16.4. The molecule has 0 unspecified atom stereocenters. The number of hydrogen-bond donors (Lipinski definition) is 3. The summed E-state index contributed by atoms with van der Waals surface area (Å²) in [5, 5.41) is 23.3. The number of rotatable bonds is 4. The van der Waals surface area contributed by atoms with Gasteiger partial charge in [-0.2, -0.15) is 0 Å². The van der Waals surface area contributed by atoms with Gasteiger partial charge in [0.2, 0.25) is 5.91 Å². The lowest BCUT2D eigenvalue weighted by Crippen LogP contribution is -2.57. The van der Waals surface area contributed by atoms with E-state index < -0.39 is 17.5 Å². The molecule has 0 aromatic heterocycles. The molecule has 25 heavy (non-hydrogen) atoms. The summed E-state index contributed by atoms with van der Waals surface area (Å²) < 4.78 is 0. The topological polar surface area (TPSA) is 86.6 Å². The van der Waals surface area contributed by atoms with Crippen LogP contribution < -0.4 is 5.32 Å². The van der Waals surface area contributed by atoms with Crippen molar-refractivity contribution in [3.63, 3.8) is 0 Å². The van der Waals surface area contributed by atoms with Crippen LogP contribution in [-0.2, 0) is 9.59 Å². The zero-order chi connectivity index (χ0) is 18.4. The zero-order valence-electron chi connectivity index (χ0n) is 15.3. The molecule has 0 spiro atoms. The second-order valence-electron chi connectivity index (χ2n) is 8.43. The van der Waals surface area contributed by atoms with Gasteiger partial charge in [0, 0.05) is 23.1 Å². The van der Waals surface area contributed by atoms with Crippen molar-refractivity contribution in [3.8, 4) is 0 Å². The van der Waals surface area contributed by atoms with Gasteiger partial charge in [0.1, 0.15) is 0 Å². The quantitative estimate of drug-likeness (QED) is 0.730. The molecule has 5 atom stereocenters. The number of carbonyl (C=O) groups excluding carboxylic acids is 1. The normalized spacial score (nSPS) is 40.8. The molecule has 2 aliphatic carbocycles. The Balaban J connectivity index is 1.92. The van der Waals surface area contributed by atoms with Crippen molar-refractivity contribution in [1.29, 1.82) is 0 Å². The molecule has 138 valence electrons. The number of carbonyl (C=O) groups is 2. The number of carboxylic acid groups (broad SMARTS) is 1. The number of allylic oxidation sites excluding steroid dienone is 1. The number of aliphatic hydroxyl groups excluding tert-OH is 1. The van der Waals surface area contributed by atoms with Crippen molar-refractivity contribution in [1.82, 2.24) is 5.32 Å². The van der Waals surface area contributed by atoms with Gasteiger partial charge < -0.3 is 15.5 Å². The van der Waals surface area contributed by atoms with E-state index in [1.807, 2.05) is 13.0 Å². The van der Waals surface area contributed by atoms with Crippen molar-refractivity contribution in [2.45, 2.75) is 59.0 Å². The van der Waals surface area contributed by atoms with Crippen LogP contribution in [0.3, 0.4) is 0 Å². The average Bonchev–Trinajstić information content (AvgIpc) is 2.96. The standard InChI is InChI=1S/C20H29NO4/c1-12-11-16(22)20(3)14(18(24)25)5-4-6-15(20)19(12,2)9-7-13-8-10-21-17(13)23/h5,8,12,15-16,22H,4,6-7,9-11H2,1-3H3,(H,21,23)(H,24,25)/t12-,15+,16-,19+,20-/m1/s1. The molecule has 1 saturated carbocycles. The highest BCUT2D eigenvalue weighted by Crippen LogP contribution is 2.62. The third-order valence-electron chi connectivity index (χ3n) is 7.37. The van der Waals surface area contributed by atoms with E-state index in [4.69, 9.17) is 0 Å². The van der Waals surface area contributed by atoms with E-state index in [0.717, 1.165) is 24.8 Å². The monoisotopic (exact) mass is 347 g/mol. The Kier molecular flexibility index (Phi) is 4.56. The first kappa shape index (κ1) is 18.2. The maximum Gasteiger partial charge on any atom is 0.331 e. The molecule has 1 amide bonds. The second kappa shape index (κ2) is 6.27. The summed E-state index contributed by atoms with van der Waals surface area (Å²) in [6.45, 7) is 6.91. The van der Waals surface area contributed by atoms with E-state index in [0.29, 0.717) is 25.0 Å². The number of aliphatic carboxylic acids is 1. The molecule has 3 aliphatic rings. The van der Waals surface area contributed by atoms with Gasteiger partial charge in [-0.05, 0) is 49.4 Å². The van der Waals surface area contributed by atoms with E-state index in [2.05, 4.69) is 19.2 Å². The summed E-state index contributed by atoms with van der Waals surface area (Å²) in [4.78, 5) is 23.7. The Labute approximate surface area is 149 Å². The molecule has 0 aromatic carbocycles. The Morgan fingerprint density at radius 2 is 2.08 bits per heavy atom. The fourth-order valence-electron chi connectivity index (χ4n) is 5.55. The molecule has 5 nitrogen and oxygen atoms in total. The third-order valence-corrected chi connectivity index (χ3v) is 7.37. The predicted octanol–water partition coefficient (Wildman–Crippen LogP) is 2.66. The lowest BCUT2D eigenvalue weighted by Gasteiger charge is -2.59. The fourth-order valence-corrected chi connectivity index (χ4v) is 5.55. The number of aliphatic hydroxyl groups is 1. The average molecular weight is 347 g/mol. The van der Waals surface area contributed by atoms with Crippen LogP contribution in [0, 0.1) is 22.7 Å². The van der Waals surface area contributed by atoms with Crippen LogP contribution >= 0.6 is 0 Å². The molecule has 1 fully saturated rings. The molecule has 0 aromatic rings. The van der Waals surface area contributed by atoms with E-state index in [1.165, 1.54) is 0 Å². The molecule has 0 bridgehead atoms. The van der Waals surface area contributed by atoms with Gasteiger partial charge in [0.15, 0.2) is 0 Å². The molecular weight excluding hydrogens is 318 g/mol. The summed E-state index contributed by atoms with van der Waals surface area (Å²) in [5.41, 5.74) is 0.378. The van der Waals surface area contributed by atoms with Gasteiger partial charge in [-0.1, -0.05) is 32.9 Å². The lowest BCUT2D eigenvalue weighted by molar-refractivity contribution is -0.148. The van der Waals surface area contributed by atoms with E-state index in [-0.39, 0.29) is 23.2 Å². The molecule has 1 aliphatic heterocycles. The van der Waals surface area contributed by atoms with Gasteiger partial charge in [-0.25, -0.2) is 4.79 Å². The second-order valence-corrected chi connectivity index (χ2v) is 8.43. The Hall–Kier alpha value is -1.62. The minimum atomic E-state index is -0.916. The lowest BCUT2D eigenvalue weighted by atomic mass is 9.45. The highest BCUT2D eigenvalue weighted by Gasteiger charge is 2.59. The maximum absolute atomic E-state index is 11.9. The minimum Gasteiger partial charge on any atom is -0.478 e.